The normalized spacial score (nSPS) is 11.4. The smallest absolute Gasteiger partial charge is 0.307 e. The molecule has 0 aliphatic rings. The third-order valence-electron chi connectivity index (χ3n) is 1.71. The van der Waals surface area contributed by atoms with Crippen LogP contribution in [0.5, 0.6) is 0 Å². The number of rotatable bonds is 6. The lowest BCUT2D eigenvalue weighted by Crippen LogP contribution is -2.15. The van der Waals surface area contributed by atoms with E-state index in [9.17, 15) is 4.79 Å². The van der Waals surface area contributed by atoms with Crippen molar-refractivity contribution in [2.24, 2.45) is 0 Å². The first kappa shape index (κ1) is 13.5. The third-order valence-corrected chi connectivity index (χ3v) is 2.28. The Morgan fingerprint density at radius 1 is 1.50 bits per heavy atom. The number of unbranched alkanes of at least 4 members (excludes halogenated alkanes) is 1. The highest BCUT2D eigenvalue weighted by atomic mass is 79.9. The van der Waals surface area contributed by atoms with Crippen LogP contribution in [0.2, 0.25) is 0 Å². The number of alkyl halides is 1. The first-order chi connectivity index (χ1) is 6.74. The molecule has 0 saturated carbocycles. The van der Waals surface area contributed by atoms with Gasteiger partial charge in [0.05, 0.1) is 0 Å². The number of carbonyl (C=O) groups excluding carboxylic acids is 1. The molecule has 0 amide bonds. The number of ether oxygens (including phenoxy) is 1. The van der Waals surface area contributed by atoms with Gasteiger partial charge in [-0.3, -0.25) is 4.79 Å². The van der Waals surface area contributed by atoms with Crippen molar-refractivity contribution in [2.45, 2.75) is 45.6 Å². The summed E-state index contributed by atoms with van der Waals surface area (Å²) >= 11 is 3.31. The molecule has 0 saturated heterocycles. The summed E-state index contributed by atoms with van der Waals surface area (Å²) in [4.78, 5) is 11.3. The number of hydrogen-bond donors (Lipinski definition) is 0. The Hall–Kier alpha value is -0.490. The van der Waals surface area contributed by atoms with Gasteiger partial charge >= 0.3 is 5.97 Å². The van der Waals surface area contributed by atoms with E-state index in [-0.39, 0.29) is 12.1 Å². The predicted octanol–water partition coefficient (Wildman–Crippen LogP) is 2.90. The zero-order chi connectivity index (χ0) is 10.8. The monoisotopic (exact) mass is 260 g/mol. The predicted molar refractivity (Wildman–Crippen MR) is 61.3 cm³/mol. The molecular formula is C11H17BrO2. The van der Waals surface area contributed by atoms with Crippen molar-refractivity contribution in [1.29, 1.82) is 0 Å². The highest BCUT2D eigenvalue weighted by Crippen LogP contribution is 2.04. The fourth-order valence-corrected chi connectivity index (χ4v) is 1.35. The van der Waals surface area contributed by atoms with Crippen LogP contribution in [-0.4, -0.2) is 17.4 Å². The number of hydrogen-bond acceptors (Lipinski definition) is 2. The summed E-state index contributed by atoms with van der Waals surface area (Å²) in [5.74, 6) is 5.47. The summed E-state index contributed by atoms with van der Waals surface area (Å²) in [6.07, 6.45) is 2.90. The summed E-state index contributed by atoms with van der Waals surface area (Å²) in [6.45, 7) is 3.71. The standard InChI is InChI=1S/C11H17BrO2/c1-3-7-10(4-2)14-11(13)8-5-6-9-12/h10H,4-6,8-9H2,1-2H3. The van der Waals surface area contributed by atoms with E-state index in [1.807, 2.05) is 6.92 Å². The van der Waals surface area contributed by atoms with E-state index >= 15 is 0 Å². The van der Waals surface area contributed by atoms with Gasteiger partial charge in [-0.15, -0.1) is 5.92 Å². The molecule has 0 spiro atoms. The van der Waals surface area contributed by atoms with E-state index in [1.54, 1.807) is 6.92 Å². The van der Waals surface area contributed by atoms with Crippen LogP contribution in [0.3, 0.4) is 0 Å². The van der Waals surface area contributed by atoms with Gasteiger partial charge in [-0.1, -0.05) is 28.8 Å². The lowest BCUT2D eigenvalue weighted by Gasteiger charge is -2.09. The van der Waals surface area contributed by atoms with Gasteiger partial charge in [0.15, 0.2) is 6.10 Å². The van der Waals surface area contributed by atoms with Gasteiger partial charge in [0.1, 0.15) is 0 Å². The van der Waals surface area contributed by atoms with Crippen LogP contribution in [0.1, 0.15) is 39.5 Å². The maximum Gasteiger partial charge on any atom is 0.307 e. The summed E-state index contributed by atoms with van der Waals surface area (Å²) in [7, 11) is 0. The quantitative estimate of drug-likeness (QED) is 0.318. The van der Waals surface area contributed by atoms with Crippen molar-refractivity contribution < 1.29 is 9.53 Å². The van der Waals surface area contributed by atoms with Gasteiger partial charge < -0.3 is 4.74 Å². The number of carbonyl (C=O) groups is 1. The molecule has 1 atom stereocenters. The van der Waals surface area contributed by atoms with E-state index in [0.29, 0.717) is 6.42 Å². The van der Waals surface area contributed by atoms with Crippen LogP contribution in [0.4, 0.5) is 0 Å². The van der Waals surface area contributed by atoms with Crippen molar-refractivity contribution in [3.63, 3.8) is 0 Å². The van der Waals surface area contributed by atoms with Gasteiger partial charge in [-0.25, -0.2) is 0 Å². The Labute approximate surface area is 94.5 Å². The van der Waals surface area contributed by atoms with Gasteiger partial charge in [0, 0.05) is 11.8 Å². The second-order valence-corrected chi connectivity index (χ2v) is 3.72. The molecule has 0 bridgehead atoms. The zero-order valence-corrected chi connectivity index (χ0v) is 10.4. The second-order valence-electron chi connectivity index (χ2n) is 2.93. The van der Waals surface area contributed by atoms with Crippen LogP contribution in [0, 0.1) is 11.8 Å². The summed E-state index contributed by atoms with van der Waals surface area (Å²) < 4.78 is 5.16. The summed E-state index contributed by atoms with van der Waals surface area (Å²) in [5.41, 5.74) is 0. The van der Waals surface area contributed by atoms with Crippen LogP contribution < -0.4 is 0 Å². The molecule has 0 fully saturated rings. The maximum absolute atomic E-state index is 11.3. The SMILES string of the molecule is CC#CC(CC)OC(=O)CCCCBr. The molecule has 3 heteroatoms. The second kappa shape index (κ2) is 9.08. The Morgan fingerprint density at radius 3 is 2.71 bits per heavy atom. The van der Waals surface area contributed by atoms with Crippen molar-refractivity contribution in [1.82, 2.24) is 0 Å². The van der Waals surface area contributed by atoms with Gasteiger partial charge in [-0.2, -0.15) is 0 Å². The lowest BCUT2D eigenvalue weighted by molar-refractivity contribution is -0.146. The minimum Gasteiger partial charge on any atom is -0.449 e. The molecule has 0 aliphatic heterocycles. The molecule has 0 heterocycles. The molecule has 14 heavy (non-hydrogen) atoms. The molecule has 0 N–H and O–H groups in total. The average Bonchev–Trinajstić information content (AvgIpc) is 2.17. The molecule has 0 aromatic rings. The molecule has 0 aromatic carbocycles. The Bertz CT molecular complexity index is 215. The summed E-state index contributed by atoms with van der Waals surface area (Å²) in [6, 6.07) is 0. The molecule has 0 aliphatic carbocycles. The highest BCUT2D eigenvalue weighted by molar-refractivity contribution is 9.09. The van der Waals surface area contributed by atoms with E-state index in [0.717, 1.165) is 24.6 Å². The van der Waals surface area contributed by atoms with Gasteiger partial charge in [-0.05, 0) is 26.2 Å². The van der Waals surface area contributed by atoms with Crippen molar-refractivity contribution in [2.75, 3.05) is 5.33 Å². The van der Waals surface area contributed by atoms with E-state index in [1.165, 1.54) is 0 Å². The van der Waals surface area contributed by atoms with Gasteiger partial charge in [0.25, 0.3) is 0 Å². The van der Waals surface area contributed by atoms with Gasteiger partial charge in [0.2, 0.25) is 0 Å². The lowest BCUT2D eigenvalue weighted by atomic mass is 10.2. The first-order valence-electron chi connectivity index (χ1n) is 4.92. The minimum atomic E-state index is -0.225. The van der Waals surface area contributed by atoms with Crippen LogP contribution in [0.15, 0.2) is 0 Å². The van der Waals surface area contributed by atoms with E-state index < -0.39 is 0 Å². The molecule has 80 valence electrons. The molecule has 1 unspecified atom stereocenters. The fraction of sp³-hybridized carbons (Fsp3) is 0.727. The summed E-state index contributed by atoms with van der Waals surface area (Å²) in [5, 5.41) is 0.937. The fourth-order valence-electron chi connectivity index (χ4n) is 0.957. The van der Waals surface area contributed by atoms with Crippen LogP contribution in [0.25, 0.3) is 0 Å². The molecule has 2 nitrogen and oxygen atoms in total. The highest BCUT2D eigenvalue weighted by Gasteiger charge is 2.08. The van der Waals surface area contributed by atoms with E-state index in [4.69, 9.17) is 4.74 Å². The topological polar surface area (TPSA) is 26.3 Å². The minimum absolute atomic E-state index is 0.138. The van der Waals surface area contributed by atoms with Crippen molar-refractivity contribution >= 4 is 21.9 Å². The zero-order valence-electron chi connectivity index (χ0n) is 8.81. The third kappa shape index (κ3) is 6.97. The Balaban J connectivity index is 3.71. The van der Waals surface area contributed by atoms with Crippen LogP contribution in [-0.2, 0) is 9.53 Å². The number of halogens is 1. The number of esters is 1. The molecule has 0 rings (SSSR count). The largest absolute Gasteiger partial charge is 0.449 e. The molecule has 0 aromatic heterocycles. The average molecular weight is 261 g/mol. The van der Waals surface area contributed by atoms with Crippen molar-refractivity contribution in [3.8, 4) is 11.8 Å². The Morgan fingerprint density at radius 2 is 2.21 bits per heavy atom. The maximum atomic E-state index is 11.3. The van der Waals surface area contributed by atoms with E-state index in [2.05, 4.69) is 27.8 Å². The Kier molecular flexibility index (Phi) is 8.76. The van der Waals surface area contributed by atoms with Crippen molar-refractivity contribution in [3.05, 3.63) is 0 Å². The van der Waals surface area contributed by atoms with Crippen LogP contribution >= 0.6 is 15.9 Å². The first-order valence-corrected chi connectivity index (χ1v) is 6.04. The molecular weight excluding hydrogens is 244 g/mol. The molecule has 0 radical (unpaired) electrons.